The predicted octanol–water partition coefficient (Wildman–Crippen LogP) is 3.67. The van der Waals surface area contributed by atoms with Gasteiger partial charge in [-0.2, -0.15) is 0 Å². The molecule has 2 nitrogen and oxygen atoms in total. The van der Waals surface area contributed by atoms with Crippen LogP contribution >= 0.6 is 31.9 Å². The lowest BCUT2D eigenvalue weighted by Gasteiger charge is -2.01. The van der Waals surface area contributed by atoms with Crippen LogP contribution in [0.4, 0.5) is 0 Å². The largest absolute Gasteiger partial charge is 0.244 e. The summed E-state index contributed by atoms with van der Waals surface area (Å²) in [5.74, 6) is 0. The molecule has 0 N–H and O–H groups in total. The van der Waals surface area contributed by atoms with Crippen LogP contribution in [0.5, 0.6) is 0 Å². The van der Waals surface area contributed by atoms with Gasteiger partial charge in [-0.05, 0) is 31.9 Å². The third-order valence-electron chi connectivity index (χ3n) is 1.76. The second-order valence-electron chi connectivity index (χ2n) is 2.70. The summed E-state index contributed by atoms with van der Waals surface area (Å²) >= 11 is 6.60. The molecule has 0 saturated heterocycles. The molecule has 0 radical (unpaired) electrons. The highest BCUT2D eigenvalue weighted by Gasteiger charge is 2.03. The summed E-state index contributed by atoms with van der Waals surface area (Å²) < 4.78 is 1.44. The first-order chi connectivity index (χ1) is 6.77. The first-order valence-electron chi connectivity index (χ1n) is 4.01. The molecule has 2 rings (SSSR count). The molecule has 0 amide bonds. The van der Waals surface area contributed by atoms with Crippen LogP contribution in [0.15, 0.2) is 45.7 Å². The van der Waals surface area contributed by atoms with Gasteiger partial charge in [0.1, 0.15) is 9.21 Å². The van der Waals surface area contributed by atoms with E-state index in [9.17, 15) is 0 Å². The minimum absolute atomic E-state index is 0.720. The Hall–Kier alpha value is -0.740. The number of aromatic nitrogens is 2. The zero-order valence-corrected chi connectivity index (χ0v) is 10.3. The Labute approximate surface area is 98.7 Å². The number of rotatable bonds is 1. The Balaban J connectivity index is 2.48. The second-order valence-corrected chi connectivity index (χ2v) is 4.21. The minimum Gasteiger partial charge on any atom is -0.244 e. The van der Waals surface area contributed by atoms with Gasteiger partial charge in [-0.15, -0.1) is 0 Å². The fraction of sp³-hybridized carbons (Fsp3) is 0. The van der Waals surface area contributed by atoms with Crippen LogP contribution < -0.4 is 0 Å². The maximum Gasteiger partial charge on any atom is 0.139 e. The SMILES string of the molecule is Brc1ncc(-c2ccccc2)nc1Br. The molecule has 0 saturated carbocycles. The van der Waals surface area contributed by atoms with E-state index in [4.69, 9.17) is 0 Å². The van der Waals surface area contributed by atoms with Gasteiger partial charge in [0, 0.05) is 5.56 Å². The first-order valence-corrected chi connectivity index (χ1v) is 5.59. The quantitative estimate of drug-likeness (QED) is 0.803. The summed E-state index contributed by atoms with van der Waals surface area (Å²) in [7, 11) is 0. The molecule has 0 bridgehead atoms. The van der Waals surface area contributed by atoms with Crippen molar-refractivity contribution >= 4 is 31.9 Å². The average molecular weight is 314 g/mol. The van der Waals surface area contributed by atoms with E-state index < -0.39 is 0 Å². The second kappa shape index (κ2) is 4.19. The van der Waals surface area contributed by atoms with Crippen molar-refractivity contribution in [2.75, 3.05) is 0 Å². The Kier molecular flexibility index (Phi) is 2.93. The smallest absolute Gasteiger partial charge is 0.139 e. The molecule has 0 aliphatic carbocycles. The molecule has 0 aliphatic heterocycles. The van der Waals surface area contributed by atoms with Crippen LogP contribution in [0.1, 0.15) is 0 Å². The molecular weight excluding hydrogens is 308 g/mol. The molecule has 2 aromatic rings. The van der Waals surface area contributed by atoms with Gasteiger partial charge in [0.15, 0.2) is 0 Å². The molecule has 1 aromatic heterocycles. The minimum atomic E-state index is 0.720. The molecule has 70 valence electrons. The third-order valence-corrected chi connectivity index (χ3v) is 3.42. The summed E-state index contributed by atoms with van der Waals surface area (Å²) in [5.41, 5.74) is 1.92. The van der Waals surface area contributed by atoms with E-state index >= 15 is 0 Å². The molecule has 1 heterocycles. The zero-order valence-electron chi connectivity index (χ0n) is 7.11. The van der Waals surface area contributed by atoms with Crippen molar-refractivity contribution in [3.8, 4) is 11.3 Å². The number of hydrogen-bond donors (Lipinski definition) is 0. The van der Waals surface area contributed by atoms with E-state index in [0.717, 1.165) is 20.5 Å². The van der Waals surface area contributed by atoms with Crippen LogP contribution in [-0.4, -0.2) is 9.97 Å². The topological polar surface area (TPSA) is 25.8 Å². The van der Waals surface area contributed by atoms with Crippen LogP contribution in [0.2, 0.25) is 0 Å². The standard InChI is InChI=1S/C10H6Br2N2/c11-9-10(12)14-8(6-13-9)7-4-2-1-3-5-7/h1-6H. The van der Waals surface area contributed by atoms with Gasteiger partial charge in [0.05, 0.1) is 11.9 Å². The molecule has 1 aromatic carbocycles. The molecule has 0 fully saturated rings. The van der Waals surface area contributed by atoms with E-state index in [1.54, 1.807) is 6.20 Å². The van der Waals surface area contributed by atoms with Crippen LogP contribution in [0.3, 0.4) is 0 Å². The maximum atomic E-state index is 4.35. The maximum absolute atomic E-state index is 4.35. The lowest BCUT2D eigenvalue weighted by Crippen LogP contribution is -1.87. The van der Waals surface area contributed by atoms with Gasteiger partial charge in [-0.25, -0.2) is 9.97 Å². The number of halogens is 2. The van der Waals surface area contributed by atoms with Crippen molar-refractivity contribution in [1.82, 2.24) is 9.97 Å². The summed E-state index contributed by atoms with van der Waals surface area (Å²) in [6, 6.07) is 9.94. The highest BCUT2D eigenvalue weighted by atomic mass is 79.9. The van der Waals surface area contributed by atoms with Crippen molar-refractivity contribution in [2.45, 2.75) is 0 Å². The molecule has 14 heavy (non-hydrogen) atoms. The van der Waals surface area contributed by atoms with Gasteiger partial charge < -0.3 is 0 Å². The Morgan fingerprint density at radius 2 is 1.64 bits per heavy atom. The van der Waals surface area contributed by atoms with Gasteiger partial charge in [-0.3, -0.25) is 0 Å². The molecule has 0 spiro atoms. The van der Waals surface area contributed by atoms with Crippen molar-refractivity contribution in [1.29, 1.82) is 0 Å². The number of nitrogens with zero attached hydrogens (tertiary/aromatic N) is 2. The highest BCUT2D eigenvalue weighted by molar-refractivity contribution is 9.13. The summed E-state index contributed by atoms with van der Waals surface area (Å²) in [4.78, 5) is 8.51. The van der Waals surface area contributed by atoms with Crippen LogP contribution in [-0.2, 0) is 0 Å². The molecule has 0 unspecified atom stereocenters. The van der Waals surface area contributed by atoms with Gasteiger partial charge >= 0.3 is 0 Å². The normalized spacial score (nSPS) is 10.1. The van der Waals surface area contributed by atoms with Crippen molar-refractivity contribution in [3.63, 3.8) is 0 Å². The Bertz CT molecular complexity index is 443. The van der Waals surface area contributed by atoms with E-state index in [1.165, 1.54) is 0 Å². The van der Waals surface area contributed by atoms with E-state index in [2.05, 4.69) is 41.8 Å². The zero-order chi connectivity index (χ0) is 9.97. The molecule has 0 atom stereocenters. The molecule has 4 heteroatoms. The van der Waals surface area contributed by atoms with E-state index in [-0.39, 0.29) is 0 Å². The Morgan fingerprint density at radius 3 is 2.29 bits per heavy atom. The molecule has 0 aliphatic rings. The lowest BCUT2D eigenvalue weighted by atomic mass is 10.2. The summed E-state index contributed by atoms with van der Waals surface area (Å²) in [6.45, 7) is 0. The van der Waals surface area contributed by atoms with E-state index in [1.807, 2.05) is 30.3 Å². The van der Waals surface area contributed by atoms with Crippen molar-refractivity contribution in [3.05, 3.63) is 45.7 Å². The molecular formula is C10H6Br2N2. The fourth-order valence-corrected chi connectivity index (χ4v) is 1.58. The van der Waals surface area contributed by atoms with Gasteiger partial charge in [-0.1, -0.05) is 30.3 Å². The number of hydrogen-bond acceptors (Lipinski definition) is 2. The summed E-state index contributed by atoms with van der Waals surface area (Å²) in [5, 5.41) is 0. The number of benzene rings is 1. The van der Waals surface area contributed by atoms with Crippen LogP contribution in [0, 0.1) is 0 Å². The Morgan fingerprint density at radius 1 is 0.929 bits per heavy atom. The van der Waals surface area contributed by atoms with E-state index in [0.29, 0.717) is 0 Å². The monoisotopic (exact) mass is 312 g/mol. The van der Waals surface area contributed by atoms with Crippen molar-refractivity contribution < 1.29 is 0 Å². The highest BCUT2D eigenvalue weighted by Crippen LogP contribution is 2.22. The van der Waals surface area contributed by atoms with Crippen LogP contribution in [0.25, 0.3) is 11.3 Å². The fourth-order valence-electron chi connectivity index (χ4n) is 1.10. The predicted molar refractivity (Wildman–Crippen MR) is 62.9 cm³/mol. The first kappa shape index (κ1) is 9.80. The van der Waals surface area contributed by atoms with Gasteiger partial charge in [0.25, 0.3) is 0 Å². The van der Waals surface area contributed by atoms with Gasteiger partial charge in [0.2, 0.25) is 0 Å². The third kappa shape index (κ3) is 2.01. The van der Waals surface area contributed by atoms with Crippen molar-refractivity contribution in [2.24, 2.45) is 0 Å². The average Bonchev–Trinajstić information content (AvgIpc) is 2.23. The lowest BCUT2D eigenvalue weighted by molar-refractivity contribution is 1.13. The summed E-state index contributed by atoms with van der Waals surface area (Å²) in [6.07, 6.45) is 1.74.